The lowest BCUT2D eigenvalue weighted by Gasteiger charge is -2.33. The lowest BCUT2D eigenvalue weighted by atomic mass is 9.99. The number of carbonyl (C=O) groups is 2. The first-order valence-electron chi connectivity index (χ1n) is 14.1. The number of hydrogen-bond acceptors (Lipinski definition) is 8. The van der Waals surface area contributed by atoms with Crippen molar-refractivity contribution in [3.63, 3.8) is 0 Å². The fourth-order valence-corrected chi connectivity index (χ4v) is 4.08. The molecule has 1 fully saturated rings. The molecule has 1 heterocycles. The van der Waals surface area contributed by atoms with Crippen molar-refractivity contribution < 1.29 is 23.9 Å². The molecule has 1 aromatic carbocycles. The Morgan fingerprint density at radius 1 is 1.05 bits per heavy atom. The number of hydrogen-bond donors (Lipinski definition) is 1. The van der Waals surface area contributed by atoms with Crippen LogP contribution in [0.15, 0.2) is 47.0 Å². The first-order valence-corrected chi connectivity index (χ1v) is 14.1. The molecule has 1 N–H and O–H groups in total. The number of rotatable bonds is 11. The molecule has 0 saturated carbocycles. The van der Waals surface area contributed by atoms with Gasteiger partial charge in [-0.2, -0.15) is 0 Å². The summed E-state index contributed by atoms with van der Waals surface area (Å²) >= 11 is 0. The number of ether oxygens (including phenoxy) is 2. The molecule has 9 heteroatoms. The second-order valence-electron chi connectivity index (χ2n) is 9.65. The van der Waals surface area contributed by atoms with Gasteiger partial charge < -0.3 is 24.5 Å². The molecular weight excluding hydrogens is 498 g/mol. The fraction of sp³-hybridized carbons (Fsp3) is 0.600. The zero-order chi connectivity index (χ0) is 29.0. The minimum atomic E-state index is -0.709. The second-order valence-corrected chi connectivity index (χ2v) is 9.65. The lowest BCUT2D eigenvalue weighted by Crippen LogP contribution is -2.34. The minimum absolute atomic E-state index is 0.109. The van der Waals surface area contributed by atoms with Crippen LogP contribution in [-0.2, 0) is 20.8 Å². The molecule has 9 nitrogen and oxygen atoms in total. The molecule has 0 unspecified atom stereocenters. The number of nitrogens with zero attached hydrogens (tertiary/aromatic N) is 2. The Morgan fingerprint density at radius 3 is 2.36 bits per heavy atom. The van der Waals surface area contributed by atoms with Crippen LogP contribution in [0.5, 0.6) is 5.75 Å². The van der Waals surface area contributed by atoms with E-state index in [9.17, 15) is 14.5 Å². The molecule has 2 aliphatic rings. The maximum absolute atomic E-state index is 12.6. The highest BCUT2D eigenvalue weighted by Gasteiger charge is 2.20. The molecule has 1 amide bonds. The van der Waals surface area contributed by atoms with Gasteiger partial charge in [0.25, 0.3) is 6.79 Å². The molecule has 3 rings (SSSR count). The maximum Gasteiger partial charge on any atom is 0.344 e. The van der Waals surface area contributed by atoms with E-state index < -0.39 is 12.8 Å². The van der Waals surface area contributed by atoms with Gasteiger partial charge in [-0.1, -0.05) is 52.8 Å². The third-order valence-electron chi connectivity index (χ3n) is 5.62. The summed E-state index contributed by atoms with van der Waals surface area (Å²) in [6.07, 6.45) is 10.4. The van der Waals surface area contributed by atoms with Crippen molar-refractivity contribution >= 4 is 11.9 Å². The molecule has 218 valence electrons. The Balaban J connectivity index is 0.00000116. The van der Waals surface area contributed by atoms with E-state index in [1.54, 1.807) is 19.1 Å². The van der Waals surface area contributed by atoms with Crippen LogP contribution in [-0.4, -0.2) is 49.8 Å². The molecule has 0 radical (unpaired) electrons. The maximum atomic E-state index is 12.6. The summed E-state index contributed by atoms with van der Waals surface area (Å²) in [5.41, 5.74) is 3.33. The zero-order valence-electron chi connectivity index (χ0n) is 24.6. The van der Waals surface area contributed by atoms with Gasteiger partial charge in [-0.15, -0.1) is 4.91 Å². The van der Waals surface area contributed by atoms with Crippen molar-refractivity contribution in [2.45, 2.75) is 80.1 Å². The van der Waals surface area contributed by atoms with Crippen LogP contribution in [0.2, 0.25) is 0 Å². The quantitative estimate of drug-likeness (QED) is 0.114. The number of amides is 1. The highest BCUT2D eigenvalue weighted by molar-refractivity contribution is 5.92. The summed E-state index contributed by atoms with van der Waals surface area (Å²) in [6, 6.07) is 4.86. The first-order chi connectivity index (χ1) is 18.8. The Kier molecular flexibility index (Phi) is 17.0. The molecule has 39 heavy (non-hydrogen) atoms. The largest absolute Gasteiger partial charge is 0.493 e. The Hall–Kier alpha value is -3.36. The Bertz CT molecular complexity index is 949. The molecular formula is C30H47N3O6. The molecule has 0 bridgehead atoms. The third kappa shape index (κ3) is 12.8. The van der Waals surface area contributed by atoms with E-state index in [4.69, 9.17) is 9.47 Å². The molecule has 1 saturated heterocycles. The van der Waals surface area contributed by atoms with Gasteiger partial charge in [-0.25, -0.2) is 4.79 Å². The summed E-state index contributed by atoms with van der Waals surface area (Å²) < 4.78 is 10.4. The van der Waals surface area contributed by atoms with E-state index >= 15 is 0 Å². The van der Waals surface area contributed by atoms with Crippen LogP contribution in [0.4, 0.5) is 0 Å². The number of carbonyl (C=O) groups excluding carboxylic acids is 2. The monoisotopic (exact) mass is 545 g/mol. The van der Waals surface area contributed by atoms with Gasteiger partial charge in [0.1, 0.15) is 11.3 Å². The minimum Gasteiger partial charge on any atom is -0.493 e. The number of piperidine rings is 1. The topological polar surface area (TPSA) is 107 Å². The molecule has 1 aliphatic heterocycles. The summed E-state index contributed by atoms with van der Waals surface area (Å²) in [4.78, 5) is 41.3. The summed E-state index contributed by atoms with van der Waals surface area (Å²) in [5, 5.41) is 5.21. The summed E-state index contributed by atoms with van der Waals surface area (Å²) in [6.45, 7) is 14.7. The van der Waals surface area contributed by atoms with Gasteiger partial charge in [0.2, 0.25) is 5.91 Å². The number of nitrogens with one attached hydrogen (secondary N) is 1. The van der Waals surface area contributed by atoms with Gasteiger partial charge in [0.05, 0.1) is 13.0 Å². The highest BCUT2D eigenvalue weighted by atomic mass is 16.8. The highest BCUT2D eigenvalue weighted by Crippen LogP contribution is 2.25. The smallest absolute Gasteiger partial charge is 0.344 e. The zero-order valence-corrected chi connectivity index (χ0v) is 24.6. The van der Waals surface area contributed by atoms with Gasteiger partial charge >= 0.3 is 5.97 Å². The molecule has 1 aromatic rings. The van der Waals surface area contributed by atoms with Crippen LogP contribution in [0, 0.1) is 10.8 Å². The van der Waals surface area contributed by atoms with E-state index in [-0.39, 0.29) is 17.9 Å². The molecule has 0 spiro atoms. The average Bonchev–Trinajstić information content (AvgIpc) is 2.94. The van der Waals surface area contributed by atoms with Crippen molar-refractivity contribution in [3.05, 3.63) is 57.7 Å². The van der Waals surface area contributed by atoms with E-state index in [1.807, 2.05) is 13.8 Å². The van der Waals surface area contributed by atoms with Crippen molar-refractivity contribution in [1.82, 2.24) is 10.2 Å². The first kappa shape index (κ1) is 33.7. The molecule has 0 aromatic heterocycles. The van der Waals surface area contributed by atoms with Crippen molar-refractivity contribution in [2.75, 3.05) is 33.0 Å². The second kappa shape index (κ2) is 19.7. The van der Waals surface area contributed by atoms with E-state index in [0.717, 1.165) is 31.8 Å². The van der Waals surface area contributed by atoms with E-state index in [1.165, 1.54) is 36.6 Å². The van der Waals surface area contributed by atoms with Crippen LogP contribution < -0.4 is 10.1 Å². The Labute approximate surface area is 233 Å². The Morgan fingerprint density at radius 2 is 1.72 bits per heavy atom. The number of likely N-dealkylation sites (tertiary alicyclic amines) is 1. The predicted molar refractivity (Wildman–Crippen MR) is 154 cm³/mol. The van der Waals surface area contributed by atoms with Crippen molar-refractivity contribution in [1.29, 1.82) is 0 Å². The van der Waals surface area contributed by atoms with E-state index in [2.05, 4.69) is 53.3 Å². The van der Waals surface area contributed by atoms with Crippen LogP contribution >= 0.6 is 0 Å². The van der Waals surface area contributed by atoms with Gasteiger partial charge in [-0.3, -0.25) is 4.79 Å². The number of allylic oxidation sites excluding steroid dienone is 2. The predicted octanol–water partition coefficient (Wildman–Crippen LogP) is 6.33. The summed E-state index contributed by atoms with van der Waals surface area (Å²) in [5.74, 6) is 0.319. The standard InChI is InChI=1S/C24H31N3O6.C4H10.C2H6/c1-2-31-22-14-18(10-11-20(22)24(29)32-17-33-26-30)15-23(28)25-16-19-8-4-5-9-21(19)27-12-6-3-7-13-27;1-4(2)3;1-2/h8-11,14H,2-7,12-13,15-17H2,1H3,(H,25,28);4H,1-3H3;1-2H3. The average molecular weight is 546 g/mol. The van der Waals surface area contributed by atoms with Gasteiger partial charge in [0, 0.05) is 25.3 Å². The van der Waals surface area contributed by atoms with E-state index in [0.29, 0.717) is 24.5 Å². The lowest BCUT2D eigenvalue weighted by molar-refractivity contribution is -0.120. The van der Waals surface area contributed by atoms with Crippen LogP contribution in [0.25, 0.3) is 0 Å². The number of esters is 1. The molecule has 1 aliphatic carbocycles. The van der Waals surface area contributed by atoms with Crippen molar-refractivity contribution in [3.8, 4) is 5.75 Å². The normalized spacial score (nSPS) is 14.4. The third-order valence-corrected chi connectivity index (χ3v) is 5.62. The SMILES string of the molecule is CC.CC(C)C.CCOc1cc(CC(=O)NCC2=CCCC=C2N2CCCCC2)ccc1C(=O)OCON=O. The molecule has 0 atom stereocenters. The summed E-state index contributed by atoms with van der Waals surface area (Å²) in [7, 11) is 0. The number of benzene rings is 1. The van der Waals surface area contributed by atoms with Crippen LogP contribution in [0.3, 0.4) is 0 Å². The van der Waals surface area contributed by atoms with Gasteiger partial charge in [-0.05, 0) is 68.2 Å². The van der Waals surface area contributed by atoms with Crippen LogP contribution in [0.1, 0.15) is 89.6 Å². The fourth-order valence-electron chi connectivity index (χ4n) is 4.08. The van der Waals surface area contributed by atoms with Gasteiger partial charge in [0.15, 0.2) is 5.34 Å². The van der Waals surface area contributed by atoms with Crippen molar-refractivity contribution in [2.24, 2.45) is 11.3 Å².